The zero-order chi connectivity index (χ0) is 17.3. The summed E-state index contributed by atoms with van der Waals surface area (Å²) in [6, 6.07) is 8.04. The molecule has 2 N–H and O–H groups in total. The maximum Gasteiger partial charge on any atom is 0.191 e. The highest BCUT2D eigenvalue weighted by atomic mass is 16.5. The van der Waals surface area contributed by atoms with Gasteiger partial charge in [-0.3, -0.25) is 4.99 Å². The Balaban J connectivity index is 2.54. The zero-order valence-electron chi connectivity index (χ0n) is 15.3. The number of guanidine groups is 1. The second-order valence-electron chi connectivity index (χ2n) is 6.23. The van der Waals surface area contributed by atoms with Crippen LogP contribution in [-0.4, -0.2) is 44.4 Å². The van der Waals surface area contributed by atoms with Crippen LogP contribution in [0.25, 0.3) is 0 Å². The van der Waals surface area contributed by atoms with Crippen molar-refractivity contribution in [2.24, 2.45) is 4.99 Å². The number of hydrogen-bond acceptors (Lipinski definition) is 3. The van der Waals surface area contributed by atoms with Crippen LogP contribution in [0.5, 0.6) is 5.75 Å². The first-order chi connectivity index (χ1) is 10.9. The summed E-state index contributed by atoms with van der Waals surface area (Å²) in [6.07, 6.45) is 0.0374. The molecule has 1 aromatic rings. The number of aryl methyl sites for hydroxylation is 1. The number of rotatable bonds is 8. The van der Waals surface area contributed by atoms with E-state index in [1.54, 1.807) is 7.11 Å². The predicted octanol–water partition coefficient (Wildman–Crippen LogP) is 2.74. The lowest BCUT2D eigenvalue weighted by molar-refractivity contribution is 0.0310. The monoisotopic (exact) mass is 321 g/mol. The zero-order valence-corrected chi connectivity index (χ0v) is 15.3. The molecule has 1 unspecified atom stereocenters. The van der Waals surface area contributed by atoms with Crippen molar-refractivity contribution < 1.29 is 9.47 Å². The molecule has 0 saturated carbocycles. The number of aliphatic imine (C=N–C) groups is 1. The third-order valence-electron chi connectivity index (χ3n) is 3.49. The molecular weight excluding hydrogens is 290 g/mol. The first kappa shape index (κ1) is 19.3. The van der Waals surface area contributed by atoms with Crippen LogP contribution in [0.2, 0.25) is 0 Å². The van der Waals surface area contributed by atoms with E-state index in [0.717, 1.165) is 23.8 Å². The van der Waals surface area contributed by atoms with Crippen molar-refractivity contribution in [3.05, 3.63) is 29.8 Å². The second kappa shape index (κ2) is 9.40. The molecule has 5 nitrogen and oxygen atoms in total. The highest BCUT2D eigenvalue weighted by Crippen LogP contribution is 2.17. The molecular formula is C18H31N3O2. The number of para-hydroxylation sites is 1. The lowest BCUT2D eigenvalue weighted by atomic mass is 10.1. The largest absolute Gasteiger partial charge is 0.489 e. The molecule has 23 heavy (non-hydrogen) atoms. The standard InChI is InChI=1S/C18H31N3O2/c1-7-19-17(21-13-18(4,5)22-6)20-12-15(3)23-16-11-9-8-10-14(16)2/h8-11,15H,7,12-13H2,1-6H3,(H2,19,20,21). The van der Waals surface area contributed by atoms with Gasteiger partial charge in [0.2, 0.25) is 0 Å². The highest BCUT2D eigenvalue weighted by molar-refractivity contribution is 5.79. The number of nitrogens with zero attached hydrogens (tertiary/aromatic N) is 1. The number of nitrogens with one attached hydrogen (secondary N) is 2. The summed E-state index contributed by atoms with van der Waals surface area (Å²) in [6.45, 7) is 12.3. The summed E-state index contributed by atoms with van der Waals surface area (Å²) in [5.41, 5.74) is 0.868. The maximum atomic E-state index is 5.97. The van der Waals surface area contributed by atoms with Crippen molar-refractivity contribution in [2.75, 3.05) is 26.7 Å². The predicted molar refractivity (Wildman–Crippen MR) is 96.3 cm³/mol. The Hall–Kier alpha value is -1.75. The molecule has 1 atom stereocenters. The molecule has 0 spiro atoms. The van der Waals surface area contributed by atoms with E-state index in [4.69, 9.17) is 9.47 Å². The summed E-state index contributed by atoms with van der Waals surface area (Å²) < 4.78 is 11.4. The van der Waals surface area contributed by atoms with E-state index in [0.29, 0.717) is 13.1 Å². The van der Waals surface area contributed by atoms with Crippen LogP contribution >= 0.6 is 0 Å². The topological polar surface area (TPSA) is 54.9 Å². The van der Waals surface area contributed by atoms with Crippen LogP contribution in [-0.2, 0) is 4.74 Å². The van der Waals surface area contributed by atoms with Crippen molar-refractivity contribution in [3.8, 4) is 5.75 Å². The first-order valence-electron chi connectivity index (χ1n) is 8.17. The molecule has 130 valence electrons. The molecule has 0 aliphatic carbocycles. The van der Waals surface area contributed by atoms with Crippen molar-refractivity contribution >= 4 is 5.96 Å². The van der Waals surface area contributed by atoms with E-state index in [2.05, 4.69) is 15.6 Å². The average molecular weight is 321 g/mol. The van der Waals surface area contributed by atoms with Crippen molar-refractivity contribution in [1.29, 1.82) is 0 Å². The minimum atomic E-state index is -0.272. The molecule has 0 saturated heterocycles. The molecule has 0 aliphatic heterocycles. The quantitative estimate of drug-likeness (QED) is 0.571. The lowest BCUT2D eigenvalue weighted by Gasteiger charge is -2.22. The van der Waals surface area contributed by atoms with Crippen LogP contribution in [0, 0.1) is 6.92 Å². The van der Waals surface area contributed by atoms with Gasteiger partial charge < -0.3 is 20.1 Å². The molecule has 0 bridgehead atoms. The van der Waals surface area contributed by atoms with Gasteiger partial charge in [0.1, 0.15) is 11.9 Å². The molecule has 0 aromatic heterocycles. The van der Waals surface area contributed by atoms with Gasteiger partial charge in [0.05, 0.1) is 18.7 Å². The SMILES string of the molecule is CCNC(=NCC(C)(C)OC)NCC(C)Oc1ccccc1C. The Morgan fingerprint density at radius 3 is 2.57 bits per heavy atom. The second-order valence-corrected chi connectivity index (χ2v) is 6.23. The third-order valence-corrected chi connectivity index (χ3v) is 3.49. The average Bonchev–Trinajstić information content (AvgIpc) is 2.52. The molecule has 1 rings (SSSR count). The Morgan fingerprint density at radius 1 is 1.26 bits per heavy atom. The fourth-order valence-corrected chi connectivity index (χ4v) is 1.86. The van der Waals surface area contributed by atoms with E-state index in [9.17, 15) is 0 Å². The molecule has 0 radical (unpaired) electrons. The number of benzene rings is 1. The van der Waals surface area contributed by atoms with Crippen molar-refractivity contribution in [3.63, 3.8) is 0 Å². The Bertz CT molecular complexity index is 501. The van der Waals surface area contributed by atoms with Crippen molar-refractivity contribution in [2.45, 2.75) is 46.3 Å². The Kier molecular flexibility index (Phi) is 7.89. The number of ether oxygens (including phenoxy) is 2. The van der Waals surface area contributed by atoms with Crippen LogP contribution < -0.4 is 15.4 Å². The summed E-state index contributed by atoms with van der Waals surface area (Å²) in [4.78, 5) is 4.57. The van der Waals surface area contributed by atoms with Gasteiger partial charge in [0, 0.05) is 13.7 Å². The molecule has 0 amide bonds. The van der Waals surface area contributed by atoms with Gasteiger partial charge in [-0.05, 0) is 46.2 Å². The van der Waals surface area contributed by atoms with Gasteiger partial charge >= 0.3 is 0 Å². The fourth-order valence-electron chi connectivity index (χ4n) is 1.86. The number of methoxy groups -OCH3 is 1. The van der Waals surface area contributed by atoms with Crippen LogP contribution in [0.15, 0.2) is 29.3 Å². The smallest absolute Gasteiger partial charge is 0.191 e. The summed E-state index contributed by atoms with van der Waals surface area (Å²) in [5, 5.41) is 6.55. The van der Waals surface area contributed by atoms with Crippen LogP contribution in [0.4, 0.5) is 0 Å². The summed E-state index contributed by atoms with van der Waals surface area (Å²) in [5.74, 6) is 1.70. The first-order valence-corrected chi connectivity index (χ1v) is 8.17. The molecule has 5 heteroatoms. The van der Waals surface area contributed by atoms with E-state index in [1.165, 1.54) is 0 Å². The fraction of sp³-hybridized carbons (Fsp3) is 0.611. The van der Waals surface area contributed by atoms with Crippen LogP contribution in [0.1, 0.15) is 33.3 Å². The van der Waals surface area contributed by atoms with E-state index < -0.39 is 0 Å². The Labute approximate surface area is 140 Å². The van der Waals surface area contributed by atoms with Gasteiger partial charge in [-0.2, -0.15) is 0 Å². The van der Waals surface area contributed by atoms with Gasteiger partial charge in [0.15, 0.2) is 5.96 Å². The Morgan fingerprint density at radius 2 is 1.96 bits per heavy atom. The van der Waals surface area contributed by atoms with Gasteiger partial charge in [-0.25, -0.2) is 0 Å². The van der Waals surface area contributed by atoms with E-state index >= 15 is 0 Å². The molecule has 0 fully saturated rings. The van der Waals surface area contributed by atoms with Gasteiger partial charge in [-0.1, -0.05) is 18.2 Å². The van der Waals surface area contributed by atoms with E-state index in [-0.39, 0.29) is 11.7 Å². The maximum absolute atomic E-state index is 5.97. The summed E-state index contributed by atoms with van der Waals surface area (Å²) in [7, 11) is 1.70. The highest BCUT2D eigenvalue weighted by Gasteiger charge is 2.16. The van der Waals surface area contributed by atoms with Crippen LogP contribution in [0.3, 0.4) is 0 Å². The lowest BCUT2D eigenvalue weighted by Crippen LogP contribution is -2.42. The van der Waals surface area contributed by atoms with Gasteiger partial charge in [0.25, 0.3) is 0 Å². The number of hydrogen-bond donors (Lipinski definition) is 2. The van der Waals surface area contributed by atoms with Crippen molar-refractivity contribution in [1.82, 2.24) is 10.6 Å². The normalized spacial score (nSPS) is 13.6. The van der Waals surface area contributed by atoms with E-state index in [1.807, 2.05) is 58.9 Å². The third kappa shape index (κ3) is 7.37. The minimum absolute atomic E-state index is 0.0374. The molecule has 0 aliphatic rings. The molecule has 1 aromatic carbocycles. The minimum Gasteiger partial charge on any atom is -0.489 e. The van der Waals surface area contributed by atoms with Gasteiger partial charge in [-0.15, -0.1) is 0 Å². The summed E-state index contributed by atoms with van der Waals surface area (Å²) >= 11 is 0. The molecule has 0 heterocycles.